The number of benzene rings is 1. The lowest BCUT2D eigenvalue weighted by Crippen LogP contribution is -2.43. The first-order valence-corrected chi connectivity index (χ1v) is 5.26. The maximum Gasteiger partial charge on any atom is 0.191 e. The Hall–Kier alpha value is -1.15. The van der Waals surface area contributed by atoms with Gasteiger partial charge in [0, 0.05) is 5.56 Å². The Morgan fingerprint density at radius 3 is 2.73 bits per heavy atom. The van der Waals surface area contributed by atoms with Crippen molar-refractivity contribution in [3.8, 4) is 0 Å². The number of alkyl halides is 1. The molecule has 1 aliphatic rings. The molecule has 1 aromatic carbocycles. The number of hydrogen-bond donors (Lipinski definition) is 0. The minimum atomic E-state index is -1.33. The van der Waals surface area contributed by atoms with Crippen molar-refractivity contribution in [3.63, 3.8) is 0 Å². The summed E-state index contributed by atoms with van der Waals surface area (Å²) in [7, 11) is 0. The van der Waals surface area contributed by atoms with Crippen molar-refractivity contribution < 1.29 is 9.59 Å². The van der Waals surface area contributed by atoms with E-state index >= 15 is 0 Å². The summed E-state index contributed by atoms with van der Waals surface area (Å²) in [4.78, 5) is 22.1. The molecule has 0 aromatic heterocycles. The Labute approximate surface area is 93.2 Å². The average molecular weight is 223 g/mol. The second-order valence-corrected chi connectivity index (χ2v) is 4.49. The SMILES string of the molecule is CC(=O)[C@]1(Cl)CCc2ccccc2C1=O. The molecule has 0 saturated heterocycles. The lowest BCUT2D eigenvalue weighted by Gasteiger charge is -2.28. The van der Waals surface area contributed by atoms with Gasteiger partial charge in [0.1, 0.15) is 0 Å². The number of hydrogen-bond acceptors (Lipinski definition) is 2. The molecule has 1 atom stereocenters. The van der Waals surface area contributed by atoms with Gasteiger partial charge in [0.15, 0.2) is 16.4 Å². The zero-order chi connectivity index (χ0) is 11.1. The average Bonchev–Trinajstić information content (AvgIpc) is 2.24. The molecule has 0 radical (unpaired) electrons. The quantitative estimate of drug-likeness (QED) is 0.540. The molecule has 2 nitrogen and oxygen atoms in total. The molecule has 15 heavy (non-hydrogen) atoms. The van der Waals surface area contributed by atoms with Gasteiger partial charge in [0.25, 0.3) is 0 Å². The molecule has 0 unspecified atom stereocenters. The number of carbonyl (C=O) groups is 2. The largest absolute Gasteiger partial charge is 0.298 e. The van der Waals surface area contributed by atoms with Gasteiger partial charge in [-0.05, 0) is 25.3 Å². The van der Waals surface area contributed by atoms with Crippen molar-refractivity contribution >= 4 is 23.2 Å². The Kier molecular flexibility index (Phi) is 2.39. The molecule has 0 amide bonds. The van der Waals surface area contributed by atoms with Crippen LogP contribution in [-0.4, -0.2) is 16.4 Å². The van der Waals surface area contributed by atoms with Crippen LogP contribution < -0.4 is 0 Å². The van der Waals surface area contributed by atoms with Crippen LogP contribution >= 0.6 is 11.6 Å². The summed E-state index contributed by atoms with van der Waals surface area (Å²) in [5.74, 6) is -0.512. The molecule has 0 spiro atoms. The molecular formula is C12H11ClO2. The highest BCUT2D eigenvalue weighted by atomic mass is 35.5. The maximum absolute atomic E-state index is 12.0. The van der Waals surface area contributed by atoms with Crippen molar-refractivity contribution in [3.05, 3.63) is 35.4 Å². The molecule has 0 saturated carbocycles. The molecular weight excluding hydrogens is 212 g/mol. The van der Waals surface area contributed by atoms with Gasteiger partial charge >= 0.3 is 0 Å². The van der Waals surface area contributed by atoms with Crippen molar-refractivity contribution in [2.75, 3.05) is 0 Å². The van der Waals surface area contributed by atoms with Crippen molar-refractivity contribution in [1.82, 2.24) is 0 Å². The topological polar surface area (TPSA) is 34.1 Å². The normalized spacial score (nSPS) is 24.8. The van der Waals surface area contributed by atoms with E-state index < -0.39 is 4.87 Å². The highest BCUT2D eigenvalue weighted by Gasteiger charge is 2.44. The minimum absolute atomic E-state index is 0.251. The Morgan fingerprint density at radius 2 is 2.07 bits per heavy atom. The van der Waals surface area contributed by atoms with Gasteiger partial charge in [0.2, 0.25) is 0 Å². The lowest BCUT2D eigenvalue weighted by molar-refractivity contribution is -0.118. The van der Waals surface area contributed by atoms with Crippen molar-refractivity contribution in [2.24, 2.45) is 0 Å². The van der Waals surface area contributed by atoms with Crippen LogP contribution in [0.25, 0.3) is 0 Å². The van der Waals surface area contributed by atoms with Gasteiger partial charge in [-0.25, -0.2) is 0 Å². The Balaban J connectivity index is 2.51. The molecule has 0 fully saturated rings. The van der Waals surface area contributed by atoms with Crippen molar-refractivity contribution in [1.29, 1.82) is 0 Å². The smallest absolute Gasteiger partial charge is 0.191 e. The number of aryl methyl sites for hydroxylation is 1. The molecule has 0 aliphatic heterocycles. The monoisotopic (exact) mass is 222 g/mol. The first kappa shape index (κ1) is 10.4. The minimum Gasteiger partial charge on any atom is -0.298 e. The van der Waals surface area contributed by atoms with E-state index in [0.717, 1.165) is 5.56 Å². The van der Waals surface area contributed by atoms with Gasteiger partial charge in [-0.1, -0.05) is 24.3 Å². The second kappa shape index (κ2) is 3.46. The standard InChI is InChI=1S/C12H11ClO2/c1-8(14)12(13)7-6-9-4-2-3-5-10(9)11(12)15/h2-5H,6-7H2,1H3/t12-/m1/s1. The zero-order valence-corrected chi connectivity index (χ0v) is 9.17. The Bertz CT molecular complexity index is 439. The molecule has 1 aromatic rings. The number of fused-ring (bicyclic) bond motifs is 1. The summed E-state index contributed by atoms with van der Waals surface area (Å²) in [6.07, 6.45) is 1.09. The fraction of sp³-hybridized carbons (Fsp3) is 0.333. The van der Waals surface area contributed by atoms with Crippen LogP contribution in [0.2, 0.25) is 0 Å². The van der Waals surface area contributed by atoms with Gasteiger partial charge in [-0.15, -0.1) is 11.6 Å². The van der Waals surface area contributed by atoms with Crippen LogP contribution in [0, 0.1) is 0 Å². The first-order chi connectivity index (χ1) is 7.05. The van der Waals surface area contributed by atoms with E-state index in [1.165, 1.54) is 6.92 Å². The summed E-state index contributed by atoms with van der Waals surface area (Å²) in [6, 6.07) is 7.32. The van der Waals surface area contributed by atoms with Crippen LogP contribution in [0.5, 0.6) is 0 Å². The van der Waals surface area contributed by atoms with Crippen LogP contribution in [0.15, 0.2) is 24.3 Å². The number of Topliss-reactive ketones (excluding diaryl/α,β-unsaturated/α-hetero) is 2. The predicted octanol–water partition coefficient (Wildman–Crippen LogP) is 2.38. The fourth-order valence-electron chi connectivity index (χ4n) is 1.93. The fourth-order valence-corrected chi connectivity index (χ4v) is 2.13. The van der Waals surface area contributed by atoms with E-state index in [0.29, 0.717) is 18.4 Å². The molecule has 2 rings (SSSR count). The molecule has 78 valence electrons. The van der Waals surface area contributed by atoms with E-state index in [1.54, 1.807) is 12.1 Å². The maximum atomic E-state index is 12.0. The van der Waals surface area contributed by atoms with E-state index in [9.17, 15) is 9.59 Å². The second-order valence-electron chi connectivity index (χ2n) is 3.84. The summed E-state index contributed by atoms with van der Waals surface area (Å²) in [5.41, 5.74) is 1.58. The zero-order valence-electron chi connectivity index (χ0n) is 8.42. The first-order valence-electron chi connectivity index (χ1n) is 4.88. The van der Waals surface area contributed by atoms with Crippen LogP contribution in [0.4, 0.5) is 0 Å². The third-order valence-corrected chi connectivity index (χ3v) is 3.55. The number of halogens is 1. The molecule has 0 N–H and O–H groups in total. The molecule has 0 heterocycles. The highest BCUT2D eigenvalue weighted by Crippen LogP contribution is 2.34. The van der Waals surface area contributed by atoms with Crippen molar-refractivity contribution in [2.45, 2.75) is 24.6 Å². The van der Waals surface area contributed by atoms with E-state index in [2.05, 4.69) is 0 Å². The number of carbonyl (C=O) groups excluding carboxylic acids is 2. The van der Waals surface area contributed by atoms with E-state index in [1.807, 2.05) is 12.1 Å². The summed E-state index contributed by atoms with van der Waals surface area (Å²) in [6.45, 7) is 1.37. The summed E-state index contributed by atoms with van der Waals surface area (Å²) >= 11 is 6.09. The third kappa shape index (κ3) is 1.49. The summed E-state index contributed by atoms with van der Waals surface area (Å²) < 4.78 is 0. The van der Waals surface area contributed by atoms with Crippen LogP contribution in [-0.2, 0) is 11.2 Å². The van der Waals surface area contributed by atoms with E-state index in [-0.39, 0.29) is 11.6 Å². The van der Waals surface area contributed by atoms with E-state index in [4.69, 9.17) is 11.6 Å². The molecule has 1 aliphatic carbocycles. The van der Waals surface area contributed by atoms with Gasteiger partial charge in [-0.3, -0.25) is 9.59 Å². The lowest BCUT2D eigenvalue weighted by atomic mass is 9.80. The van der Waals surface area contributed by atoms with Crippen LogP contribution in [0.3, 0.4) is 0 Å². The highest BCUT2D eigenvalue weighted by molar-refractivity contribution is 6.49. The molecule has 3 heteroatoms. The summed E-state index contributed by atoms with van der Waals surface area (Å²) in [5, 5.41) is 0. The van der Waals surface area contributed by atoms with Gasteiger partial charge < -0.3 is 0 Å². The van der Waals surface area contributed by atoms with Gasteiger partial charge in [0.05, 0.1) is 0 Å². The predicted molar refractivity (Wildman–Crippen MR) is 58.4 cm³/mol. The van der Waals surface area contributed by atoms with Gasteiger partial charge in [-0.2, -0.15) is 0 Å². The molecule has 0 bridgehead atoms. The Morgan fingerprint density at radius 1 is 1.40 bits per heavy atom. The third-order valence-electron chi connectivity index (χ3n) is 2.92. The number of rotatable bonds is 1. The van der Waals surface area contributed by atoms with Crippen LogP contribution in [0.1, 0.15) is 29.3 Å². The number of ketones is 2.